The minimum absolute atomic E-state index is 0.234. The Morgan fingerprint density at radius 1 is 1.44 bits per heavy atom. The average molecular weight is 253 g/mol. The lowest BCUT2D eigenvalue weighted by Gasteiger charge is -2.14. The molecule has 1 rings (SSSR count). The fourth-order valence-electron chi connectivity index (χ4n) is 1.42. The smallest absolute Gasteiger partial charge is 0.328 e. The van der Waals surface area contributed by atoms with Gasteiger partial charge in [0.1, 0.15) is 5.75 Å². The lowest BCUT2D eigenvalue weighted by atomic mass is 10.1. The van der Waals surface area contributed by atoms with Crippen LogP contribution < -0.4 is 10.1 Å². The molecule has 1 aromatic carbocycles. The molecule has 98 valence electrons. The molecule has 0 spiro atoms. The number of hydrogen-bond acceptors (Lipinski definition) is 4. The van der Waals surface area contributed by atoms with E-state index in [0.717, 1.165) is 5.56 Å². The topological polar surface area (TPSA) is 95.9 Å². The fourth-order valence-corrected chi connectivity index (χ4v) is 1.42. The summed E-state index contributed by atoms with van der Waals surface area (Å²) < 4.78 is 5.03. The molecule has 6 heteroatoms. The largest absolute Gasteiger partial charge is 0.496 e. The Kier molecular flexibility index (Phi) is 4.67. The maximum Gasteiger partial charge on any atom is 0.328 e. The summed E-state index contributed by atoms with van der Waals surface area (Å²) in [4.78, 5) is 22.6. The van der Waals surface area contributed by atoms with Gasteiger partial charge >= 0.3 is 5.97 Å². The molecule has 0 bridgehead atoms. The average Bonchev–Trinajstić information content (AvgIpc) is 2.35. The number of hydrogen-bond donors (Lipinski definition) is 3. The molecular formula is C12H15NO5. The quantitative estimate of drug-likeness (QED) is 0.695. The first-order chi connectivity index (χ1) is 8.49. The third-order valence-corrected chi connectivity index (χ3v) is 2.39. The van der Waals surface area contributed by atoms with E-state index in [0.29, 0.717) is 5.75 Å². The van der Waals surface area contributed by atoms with Crippen molar-refractivity contribution in [3.8, 4) is 5.75 Å². The number of benzene rings is 1. The maximum absolute atomic E-state index is 11.9. The minimum Gasteiger partial charge on any atom is -0.496 e. The standard InChI is InChI=1S/C12H15NO5/c1-7-3-4-10(18-2)8(5-7)11(15)13-9(6-14)12(16)17/h3-5,9,14H,6H2,1-2H3,(H,13,15)(H,16,17)/t9-/m0/s1. The summed E-state index contributed by atoms with van der Waals surface area (Å²) in [6.07, 6.45) is 0. The van der Waals surface area contributed by atoms with Gasteiger partial charge in [-0.1, -0.05) is 11.6 Å². The van der Waals surface area contributed by atoms with Crippen molar-refractivity contribution in [3.63, 3.8) is 0 Å². The number of aliphatic hydroxyl groups is 1. The molecule has 18 heavy (non-hydrogen) atoms. The molecular weight excluding hydrogens is 238 g/mol. The van der Waals surface area contributed by atoms with Crippen LogP contribution in [0.3, 0.4) is 0 Å². The summed E-state index contributed by atoms with van der Waals surface area (Å²) in [5.41, 5.74) is 1.08. The van der Waals surface area contributed by atoms with Gasteiger partial charge in [0.25, 0.3) is 5.91 Å². The number of aliphatic hydroxyl groups excluding tert-OH is 1. The van der Waals surface area contributed by atoms with Crippen LogP contribution in [0.2, 0.25) is 0 Å². The Hall–Kier alpha value is -2.08. The van der Waals surface area contributed by atoms with Gasteiger partial charge in [0, 0.05) is 0 Å². The van der Waals surface area contributed by atoms with Crippen molar-refractivity contribution in [2.75, 3.05) is 13.7 Å². The van der Waals surface area contributed by atoms with E-state index in [9.17, 15) is 9.59 Å². The van der Waals surface area contributed by atoms with Crippen LogP contribution in [0.15, 0.2) is 18.2 Å². The molecule has 0 heterocycles. The third-order valence-electron chi connectivity index (χ3n) is 2.39. The van der Waals surface area contributed by atoms with Crippen molar-refractivity contribution in [3.05, 3.63) is 29.3 Å². The lowest BCUT2D eigenvalue weighted by Crippen LogP contribution is -2.43. The highest BCUT2D eigenvalue weighted by atomic mass is 16.5. The van der Waals surface area contributed by atoms with Crippen LogP contribution in [0.1, 0.15) is 15.9 Å². The molecule has 0 saturated carbocycles. The number of ether oxygens (including phenoxy) is 1. The number of aryl methyl sites for hydroxylation is 1. The number of rotatable bonds is 5. The molecule has 0 fully saturated rings. The molecule has 0 radical (unpaired) electrons. The van der Waals surface area contributed by atoms with Crippen LogP contribution in [0.25, 0.3) is 0 Å². The summed E-state index contributed by atoms with van der Waals surface area (Å²) in [5, 5.41) is 19.8. The molecule has 0 unspecified atom stereocenters. The molecule has 1 amide bonds. The molecule has 0 saturated heterocycles. The number of amides is 1. The zero-order chi connectivity index (χ0) is 13.7. The Labute approximate surface area is 104 Å². The van der Waals surface area contributed by atoms with Crippen molar-refractivity contribution in [1.29, 1.82) is 0 Å². The fraction of sp³-hybridized carbons (Fsp3) is 0.333. The highest BCUT2D eigenvalue weighted by molar-refractivity contribution is 5.99. The Morgan fingerprint density at radius 2 is 2.11 bits per heavy atom. The Balaban J connectivity index is 2.96. The molecule has 0 aliphatic carbocycles. The molecule has 3 N–H and O–H groups in total. The summed E-state index contributed by atoms with van der Waals surface area (Å²) in [6.45, 7) is 1.13. The predicted molar refractivity (Wildman–Crippen MR) is 63.7 cm³/mol. The van der Waals surface area contributed by atoms with E-state index in [1.165, 1.54) is 7.11 Å². The second-order valence-corrected chi connectivity index (χ2v) is 3.75. The monoisotopic (exact) mass is 253 g/mol. The number of carboxylic acids is 1. The number of carbonyl (C=O) groups is 2. The summed E-state index contributed by atoms with van der Waals surface area (Å²) in [5.74, 6) is -1.55. The van der Waals surface area contributed by atoms with Gasteiger partial charge in [0.2, 0.25) is 0 Å². The number of carboxylic acid groups (broad SMARTS) is 1. The van der Waals surface area contributed by atoms with E-state index in [1.54, 1.807) is 25.1 Å². The molecule has 0 aliphatic heterocycles. The first kappa shape index (κ1) is 14.0. The number of aliphatic carboxylic acids is 1. The SMILES string of the molecule is COc1ccc(C)cc1C(=O)N[C@@H](CO)C(=O)O. The van der Waals surface area contributed by atoms with E-state index < -0.39 is 24.5 Å². The van der Waals surface area contributed by atoms with Crippen molar-refractivity contribution in [1.82, 2.24) is 5.32 Å². The van der Waals surface area contributed by atoms with E-state index >= 15 is 0 Å². The van der Waals surface area contributed by atoms with Gasteiger partial charge in [0.15, 0.2) is 6.04 Å². The van der Waals surface area contributed by atoms with Crippen LogP contribution in [-0.2, 0) is 4.79 Å². The zero-order valence-electron chi connectivity index (χ0n) is 10.1. The van der Waals surface area contributed by atoms with Gasteiger partial charge in [-0.25, -0.2) is 4.79 Å². The van der Waals surface area contributed by atoms with Gasteiger partial charge in [-0.05, 0) is 19.1 Å². The van der Waals surface area contributed by atoms with Gasteiger partial charge in [0.05, 0.1) is 19.3 Å². The Morgan fingerprint density at radius 3 is 2.61 bits per heavy atom. The predicted octanol–water partition coefficient (Wildman–Crippen LogP) is 0.179. The van der Waals surface area contributed by atoms with E-state index in [-0.39, 0.29) is 5.56 Å². The van der Waals surface area contributed by atoms with Crippen LogP contribution >= 0.6 is 0 Å². The Bertz CT molecular complexity index is 458. The molecule has 6 nitrogen and oxygen atoms in total. The number of nitrogens with one attached hydrogen (secondary N) is 1. The van der Waals surface area contributed by atoms with Gasteiger partial charge in [-0.15, -0.1) is 0 Å². The van der Waals surface area contributed by atoms with E-state index in [2.05, 4.69) is 5.32 Å². The minimum atomic E-state index is -1.33. The van der Waals surface area contributed by atoms with Crippen LogP contribution in [0.5, 0.6) is 5.75 Å². The zero-order valence-corrected chi connectivity index (χ0v) is 10.1. The lowest BCUT2D eigenvalue weighted by molar-refractivity contribution is -0.140. The van der Waals surface area contributed by atoms with E-state index in [4.69, 9.17) is 14.9 Å². The number of carbonyl (C=O) groups excluding carboxylic acids is 1. The van der Waals surface area contributed by atoms with Crippen LogP contribution in [-0.4, -0.2) is 41.8 Å². The van der Waals surface area contributed by atoms with Crippen LogP contribution in [0.4, 0.5) is 0 Å². The third kappa shape index (κ3) is 3.21. The molecule has 0 aliphatic rings. The van der Waals surface area contributed by atoms with Crippen molar-refractivity contribution < 1.29 is 24.5 Å². The number of methoxy groups -OCH3 is 1. The summed E-state index contributed by atoms with van der Waals surface area (Å²) in [6, 6.07) is 3.66. The van der Waals surface area contributed by atoms with Crippen molar-refractivity contribution in [2.24, 2.45) is 0 Å². The molecule has 1 atom stereocenters. The van der Waals surface area contributed by atoms with Gasteiger partial charge in [-0.3, -0.25) is 4.79 Å². The van der Waals surface area contributed by atoms with Crippen molar-refractivity contribution in [2.45, 2.75) is 13.0 Å². The van der Waals surface area contributed by atoms with E-state index in [1.807, 2.05) is 0 Å². The second kappa shape index (κ2) is 6.02. The summed E-state index contributed by atoms with van der Waals surface area (Å²) >= 11 is 0. The molecule has 1 aromatic rings. The van der Waals surface area contributed by atoms with Crippen molar-refractivity contribution >= 4 is 11.9 Å². The summed E-state index contributed by atoms with van der Waals surface area (Å²) in [7, 11) is 1.42. The van der Waals surface area contributed by atoms with Crippen LogP contribution in [0, 0.1) is 6.92 Å². The first-order valence-electron chi connectivity index (χ1n) is 5.28. The second-order valence-electron chi connectivity index (χ2n) is 3.75. The first-order valence-corrected chi connectivity index (χ1v) is 5.28. The highest BCUT2D eigenvalue weighted by Gasteiger charge is 2.21. The van der Waals surface area contributed by atoms with Gasteiger partial charge in [-0.2, -0.15) is 0 Å². The van der Waals surface area contributed by atoms with Gasteiger partial charge < -0.3 is 20.3 Å². The maximum atomic E-state index is 11.9. The molecule has 0 aromatic heterocycles. The normalized spacial score (nSPS) is 11.7. The highest BCUT2D eigenvalue weighted by Crippen LogP contribution is 2.19.